The van der Waals surface area contributed by atoms with Crippen molar-refractivity contribution in [2.24, 2.45) is 5.92 Å². The van der Waals surface area contributed by atoms with Gasteiger partial charge in [0.05, 0.1) is 11.5 Å². The van der Waals surface area contributed by atoms with Crippen LogP contribution in [0.15, 0.2) is 22.9 Å². The first-order valence-electron chi connectivity index (χ1n) is 11.8. The molecule has 5 rings (SSSR count). The van der Waals surface area contributed by atoms with Crippen molar-refractivity contribution in [3.05, 3.63) is 24.2 Å². The number of piperazine rings is 1. The second-order valence-electron chi connectivity index (χ2n) is 9.00. The van der Waals surface area contributed by atoms with Gasteiger partial charge >= 0.3 is 0 Å². The van der Waals surface area contributed by atoms with Crippen LogP contribution in [0.5, 0.6) is 0 Å². The molecule has 0 bridgehead atoms. The highest BCUT2D eigenvalue weighted by Gasteiger charge is 2.33. The van der Waals surface area contributed by atoms with Crippen LogP contribution in [-0.2, 0) is 4.79 Å². The predicted octanol–water partition coefficient (Wildman–Crippen LogP) is 2.78. The molecule has 8 nitrogen and oxygen atoms in total. The highest BCUT2D eigenvalue weighted by molar-refractivity contribution is 5.80. The van der Waals surface area contributed by atoms with Crippen LogP contribution in [0.4, 0.5) is 5.82 Å². The number of aromatic nitrogens is 3. The number of carbonyl (C=O) groups is 1. The van der Waals surface area contributed by atoms with Gasteiger partial charge in [0, 0.05) is 51.4 Å². The third kappa shape index (κ3) is 4.18. The summed E-state index contributed by atoms with van der Waals surface area (Å²) >= 11 is 0. The lowest BCUT2D eigenvalue weighted by molar-refractivity contribution is -0.137. The predicted molar refractivity (Wildman–Crippen MR) is 118 cm³/mol. The zero-order valence-electron chi connectivity index (χ0n) is 18.4. The van der Waals surface area contributed by atoms with Crippen molar-refractivity contribution in [1.29, 1.82) is 0 Å². The number of carbonyl (C=O) groups excluding carboxylic acids is 1. The normalized spacial score (nSPS) is 23.1. The van der Waals surface area contributed by atoms with Gasteiger partial charge in [-0.3, -0.25) is 4.79 Å². The van der Waals surface area contributed by atoms with Gasteiger partial charge < -0.3 is 19.2 Å². The smallest absolute Gasteiger partial charge is 0.230 e. The molecular formula is C23H32N6O2. The maximum Gasteiger partial charge on any atom is 0.230 e. The van der Waals surface area contributed by atoms with Gasteiger partial charge in [-0.2, -0.15) is 4.98 Å². The third-order valence-corrected chi connectivity index (χ3v) is 7.13. The Hall–Kier alpha value is -2.48. The number of pyridine rings is 1. The third-order valence-electron chi connectivity index (χ3n) is 7.13. The number of rotatable bonds is 5. The number of amides is 1. The number of likely N-dealkylation sites (N-methyl/N-ethyl adjacent to an activating group) is 1. The maximum atomic E-state index is 13.2. The summed E-state index contributed by atoms with van der Waals surface area (Å²) < 4.78 is 5.55. The minimum absolute atomic E-state index is 0.0209. The van der Waals surface area contributed by atoms with E-state index in [-0.39, 0.29) is 5.92 Å². The van der Waals surface area contributed by atoms with Crippen LogP contribution in [0, 0.1) is 5.92 Å². The molecule has 8 heteroatoms. The molecule has 2 saturated heterocycles. The molecule has 3 aliphatic rings. The monoisotopic (exact) mass is 424 g/mol. The summed E-state index contributed by atoms with van der Waals surface area (Å²) in [7, 11) is 0. The average Bonchev–Trinajstić information content (AvgIpc) is 3.27. The van der Waals surface area contributed by atoms with E-state index in [0.29, 0.717) is 24.2 Å². The van der Waals surface area contributed by atoms with Crippen LogP contribution in [0.25, 0.3) is 11.4 Å². The van der Waals surface area contributed by atoms with Crippen LogP contribution >= 0.6 is 0 Å². The zero-order valence-corrected chi connectivity index (χ0v) is 18.4. The number of nitrogens with zero attached hydrogens (tertiary/aromatic N) is 6. The molecule has 2 aromatic heterocycles. The molecule has 0 N–H and O–H groups in total. The molecule has 1 amide bonds. The van der Waals surface area contributed by atoms with Crippen molar-refractivity contribution in [2.45, 2.75) is 44.9 Å². The molecule has 166 valence electrons. The van der Waals surface area contributed by atoms with Gasteiger partial charge in [-0.15, -0.1) is 0 Å². The topological polar surface area (TPSA) is 78.6 Å². The summed E-state index contributed by atoms with van der Waals surface area (Å²) in [4.78, 5) is 29.3. The van der Waals surface area contributed by atoms with Gasteiger partial charge in [0.15, 0.2) is 0 Å². The molecule has 1 saturated carbocycles. The van der Waals surface area contributed by atoms with E-state index >= 15 is 0 Å². The number of anilines is 1. The Morgan fingerprint density at radius 1 is 1.13 bits per heavy atom. The van der Waals surface area contributed by atoms with E-state index in [1.54, 1.807) is 6.20 Å². The van der Waals surface area contributed by atoms with E-state index in [2.05, 4.69) is 36.7 Å². The maximum absolute atomic E-state index is 13.2. The molecule has 31 heavy (non-hydrogen) atoms. The molecule has 0 unspecified atom stereocenters. The lowest BCUT2D eigenvalue weighted by Gasteiger charge is -2.39. The average molecular weight is 425 g/mol. The quantitative estimate of drug-likeness (QED) is 0.730. The number of hydrogen-bond acceptors (Lipinski definition) is 7. The van der Waals surface area contributed by atoms with E-state index in [0.717, 1.165) is 82.2 Å². The molecule has 4 heterocycles. The highest BCUT2D eigenvalue weighted by Crippen LogP contribution is 2.37. The van der Waals surface area contributed by atoms with Crippen molar-refractivity contribution in [1.82, 2.24) is 24.9 Å². The standard InChI is InChI=1S/C23H32N6O2/c1-2-27-12-14-28(15-13-27)23(30)18-8-5-11-29(16-18)21-19(9-4-10-24-21)20-25-22(31-26-20)17-6-3-7-17/h4,9-10,17-18H,2-3,5-8,11-16H2,1H3/t18-/m0/s1. The fraction of sp³-hybridized carbons (Fsp3) is 0.652. The molecule has 1 atom stereocenters. The van der Waals surface area contributed by atoms with Gasteiger partial charge in [-0.1, -0.05) is 18.5 Å². The van der Waals surface area contributed by atoms with Crippen LogP contribution in [0.2, 0.25) is 0 Å². The molecule has 1 aliphatic carbocycles. The van der Waals surface area contributed by atoms with Crippen LogP contribution < -0.4 is 4.90 Å². The lowest BCUT2D eigenvalue weighted by Crippen LogP contribution is -2.52. The summed E-state index contributed by atoms with van der Waals surface area (Å²) in [6, 6.07) is 3.92. The van der Waals surface area contributed by atoms with E-state index in [9.17, 15) is 4.79 Å². The van der Waals surface area contributed by atoms with E-state index < -0.39 is 0 Å². The fourth-order valence-electron chi connectivity index (χ4n) is 4.90. The van der Waals surface area contributed by atoms with E-state index in [1.165, 1.54) is 6.42 Å². The first-order valence-corrected chi connectivity index (χ1v) is 11.8. The van der Waals surface area contributed by atoms with E-state index in [4.69, 9.17) is 4.52 Å². The minimum atomic E-state index is 0.0209. The Morgan fingerprint density at radius 3 is 2.71 bits per heavy atom. The number of hydrogen-bond donors (Lipinski definition) is 0. The van der Waals surface area contributed by atoms with Crippen molar-refractivity contribution in [3.63, 3.8) is 0 Å². The van der Waals surface area contributed by atoms with Crippen molar-refractivity contribution < 1.29 is 9.32 Å². The van der Waals surface area contributed by atoms with Gasteiger partial charge in [0.2, 0.25) is 17.6 Å². The summed E-state index contributed by atoms with van der Waals surface area (Å²) in [5.41, 5.74) is 0.890. The second-order valence-corrected chi connectivity index (χ2v) is 9.00. The van der Waals surface area contributed by atoms with Crippen molar-refractivity contribution >= 4 is 11.7 Å². The first kappa shape index (κ1) is 20.4. The Morgan fingerprint density at radius 2 is 1.97 bits per heavy atom. The Bertz CT molecular complexity index is 903. The van der Waals surface area contributed by atoms with Gasteiger partial charge in [-0.05, 0) is 44.4 Å². The second kappa shape index (κ2) is 8.94. The van der Waals surface area contributed by atoms with Gasteiger partial charge in [0.1, 0.15) is 5.82 Å². The lowest BCUT2D eigenvalue weighted by atomic mass is 9.85. The molecule has 0 spiro atoms. The molecule has 0 aromatic carbocycles. The summed E-state index contributed by atoms with van der Waals surface area (Å²) in [5.74, 6) is 2.93. The SMILES string of the molecule is CCN1CCN(C(=O)[C@H]2CCCN(c3ncccc3-c3noc(C4CCC4)n3)C2)CC1. The van der Waals surface area contributed by atoms with Gasteiger partial charge in [-0.25, -0.2) is 4.98 Å². The highest BCUT2D eigenvalue weighted by atomic mass is 16.5. The van der Waals surface area contributed by atoms with Crippen LogP contribution in [0.3, 0.4) is 0 Å². The molecule has 2 aliphatic heterocycles. The molecule has 2 aromatic rings. The van der Waals surface area contributed by atoms with Gasteiger partial charge in [0.25, 0.3) is 0 Å². The Balaban J connectivity index is 1.30. The minimum Gasteiger partial charge on any atom is -0.355 e. The van der Waals surface area contributed by atoms with Crippen molar-refractivity contribution in [3.8, 4) is 11.4 Å². The molecular weight excluding hydrogens is 392 g/mol. The first-order chi connectivity index (χ1) is 15.2. The Labute approximate surface area is 183 Å². The zero-order chi connectivity index (χ0) is 21.2. The summed E-state index contributed by atoms with van der Waals surface area (Å²) in [6.45, 7) is 8.46. The largest absolute Gasteiger partial charge is 0.355 e. The fourth-order valence-corrected chi connectivity index (χ4v) is 4.90. The van der Waals surface area contributed by atoms with Crippen LogP contribution in [0.1, 0.15) is 50.8 Å². The summed E-state index contributed by atoms with van der Waals surface area (Å²) in [5, 5.41) is 4.25. The van der Waals surface area contributed by atoms with Crippen molar-refractivity contribution in [2.75, 3.05) is 50.7 Å². The van der Waals surface area contributed by atoms with E-state index in [1.807, 2.05) is 12.1 Å². The van der Waals surface area contributed by atoms with Crippen LogP contribution in [-0.4, -0.2) is 76.6 Å². The summed E-state index contributed by atoms with van der Waals surface area (Å²) in [6.07, 6.45) is 7.23. The molecule has 3 fully saturated rings. The Kier molecular flexibility index (Phi) is 5.89. The molecule has 0 radical (unpaired) electrons. The number of piperidine rings is 1.